The lowest BCUT2D eigenvalue weighted by Crippen LogP contribution is -2.22. The van der Waals surface area contributed by atoms with E-state index in [4.69, 9.17) is 13.9 Å². The highest BCUT2D eigenvalue weighted by atomic mass is 32.2. The normalized spacial score (nSPS) is 12.4. The Morgan fingerprint density at radius 2 is 1.97 bits per heavy atom. The summed E-state index contributed by atoms with van der Waals surface area (Å²) >= 11 is 1.08. The van der Waals surface area contributed by atoms with Gasteiger partial charge in [0, 0.05) is 11.6 Å². The van der Waals surface area contributed by atoms with Gasteiger partial charge in [-0.2, -0.15) is 4.99 Å². The third-order valence-electron chi connectivity index (χ3n) is 4.81. The van der Waals surface area contributed by atoms with Gasteiger partial charge in [-0.1, -0.05) is 23.5 Å². The standard InChI is InChI=1S/C22H20N2O7S2/c1-4-30-16-7-5-6-13-10-17(31-20(13)16)21(26)23-22-24(12-19(25)29-2)15-9-8-14(33(3,27)28)11-18(15)32-22/h5-11H,4,12H2,1-3H3. The van der Waals surface area contributed by atoms with Crippen molar-refractivity contribution in [2.75, 3.05) is 20.0 Å². The molecule has 9 nitrogen and oxygen atoms in total. The van der Waals surface area contributed by atoms with Crippen LogP contribution in [0.15, 0.2) is 56.8 Å². The molecule has 0 aliphatic rings. The molecule has 0 saturated carbocycles. The summed E-state index contributed by atoms with van der Waals surface area (Å²) in [6.45, 7) is 2.09. The second-order valence-corrected chi connectivity index (χ2v) is 10.1. The van der Waals surface area contributed by atoms with E-state index in [2.05, 4.69) is 4.99 Å². The molecular weight excluding hydrogens is 468 g/mol. The van der Waals surface area contributed by atoms with Crippen LogP contribution in [0.25, 0.3) is 21.2 Å². The van der Waals surface area contributed by atoms with E-state index in [9.17, 15) is 18.0 Å². The summed E-state index contributed by atoms with van der Waals surface area (Å²) in [5, 5.41) is 0.691. The fourth-order valence-electron chi connectivity index (χ4n) is 3.27. The molecule has 0 atom stereocenters. The van der Waals surface area contributed by atoms with Crippen molar-refractivity contribution < 1.29 is 31.9 Å². The van der Waals surface area contributed by atoms with Gasteiger partial charge < -0.3 is 18.5 Å². The molecule has 1 amide bonds. The zero-order valence-electron chi connectivity index (χ0n) is 18.0. The Kier molecular flexibility index (Phi) is 6.09. The molecule has 4 aromatic rings. The van der Waals surface area contributed by atoms with E-state index in [1.165, 1.54) is 23.8 Å². The van der Waals surface area contributed by atoms with Gasteiger partial charge in [0.1, 0.15) is 6.54 Å². The lowest BCUT2D eigenvalue weighted by Gasteiger charge is -2.04. The largest absolute Gasteiger partial charge is 0.490 e. The molecule has 0 fully saturated rings. The number of esters is 1. The molecule has 0 saturated heterocycles. The molecular formula is C22H20N2O7S2. The van der Waals surface area contributed by atoms with Crippen LogP contribution >= 0.6 is 11.3 Å². The Labute approximate surface area is 192 Å². The number of nitrogens with zero attached hydrogens (tertiary/aromatic N) is 2. The smallest absolute Gasteiger partial charge is 0.325 e. The zero-order valence-corrected chi connectivity index (χ0v) is 19.7. The lowest BCUT2D eigenvalue weighted by atomic mass is 10.2. The van der Waals surface area contributed by atoms with E-state index < -0.39 is 21.7 Å². The van der Waals surface area contributed by atoms with Crippen molar-refractivity contribution in [2.45, 2.75) is 18.4 Å². The Bertz CT molecular complexity index is 1560. The second kappa shape index (κ2) is 8.83. The maximum absolute atomic E-state index is 12.9. The third-order valence-corrected chi connectivity index (χ3v) is 6.96. The van der Waals surface area contributed by atoms with E-state index in [0.29, 0.717) is 33.5 Å². The first-order valence-corrected chi connectivity index (χ1v) is 12.6. The number of hydrogen-bond acceptors (Lipinski definition) is 8. The van der Waals surface area contributed by atoms with Crippen molar-refractivity contribution in [1.82, 2.24) is 4.57 Å². The number of benzene rings is 2. The summed E-state index contributed by atoms with van der Waals surface area (Å²) in [4.78, 5) is 29.4. The van der Waals surface area contributed by atoms with Crippen LogP contribution in [0, 0.1) is 0 Å². The Morgan fingerprint density at radius 1 is 1.18 bits per heavy atom. The van der Waals surface area contributed by atoms with Crippen molar-refractivity contribution in [3.63, 3.8) is 0 Å². The van der Waals surface area contributed by atoms with Gasteiger partial charge in [0.25, 0.3) is 0 Å². The number of hydrogen-bond donors (Lipinski definition) is 0. The van der Waals surface area contributed by atoms with Crippen molar-refractivity contribution in [1.29, 1.82) is 0 Å². The number of rotatable bonds is 6. The van der Waals surface area contributed by atoms with E-state index in [1.54, 1.807) is 30.3 Å². The molecule has 4 rings (SSSR count). The number of aromatic nitrogens is 1. The molecule has 0 aliphatic heterocycles. The highest BCUT2D eigenvalue weighted by Crippen LogP contribution is 2.29. The van der Waals surface area contributed by atoms with Gasteiger partial charge in [-0.25, -0.2) is 8.42 Å². The minimum atomic E-state index is -3.43. The van der Waals surface area contributed by atoms with Gasteiger partial charge >= 0.3 is 11.9 Å². The van der Waals surface area contributed by atoms with E-state index in [1.807, 2.05) is 6.92 Å². The van der Waals surface area contributed by atoms with E-state index in [0.717, 1.165) is 17.6 Å². The number of sulfone groups is 1. The van der Waals surface area contributed by atoms with E-state index in [-0.39, 0.29) is 22.0 Å². The molecule has 2 aromatic heterocycles. The molecule has 172 valence electrons. The fourth-order valence-corrected chi connectivity index (χ4v) is 5.06. The third kappa shape index (κ3) is 4.55. The van der Waals surface area contributed by atoms with Gasteiger partial charge in [0.15, 0.2) is 31.7 Å². The molecule has 2 heterocycles. The maximum atomic E-state index is 12.9. The lowest BCUT2D eigenvalue weighted by molar-refractivity contribution is -0.141. The van der Waals surface area contributed by atoms with Crippen LogP contribution in [0.1, 0.15) is 17.5 Å². The van der Waals surface area contributed by atoms with Gasteiger partial charge in [-0.3, -0.25) is 9.59 Å². The van der Waals surface area contributed by atoms with Crippen LogP contribution in [0.2, 0.25) is 0 Å². The maximum Gasteiger partial charge on any atom is 0.325 e. The number of para-hydroxylation sites is 1. The molecule has 0 bridgehead atoms. The number of furan rings is 1. The highest BCUT2D eigenvalue weighted by Gasteiger charge is 2.18. The van der Waals surface area contributed by atoms with Gasteiger partial charge in [0.2, 0.25) is 0 Å². The molecule has 2 aromatic carbocycles. The summed E-state index contributed by atoms with van der Waals surface area (Å²) in [6, 6.07) is 11.4. The Hall–Kier alpha value is -3.44. The topological polar surface area (TPSA) is 117 Å². The van der Waals surface area contributed by atoms with Crippen molar-refractivity contribution >= 4 is 54.2 Å². The minimum absolute atomic E-state index is 0.0102. The van der Waals surface area contributed by atoms with E-state index >= 15 is 0 Å². The Morgan fingerprint density at radius 3 is 2.67 bits per heavy atom. The van der Waals surface area contributed by atoms with Crippen LogP contribution in [-0.2, 0) is 25.9 Å². The van der Waals surface area contributed by atoms with Gasteiger partial charge in [0.05, 0.1) is 28.8 Å². The SMILES string of the molecule is CCOc1cccc2cc(C(=O)N=c3sc4cc(S(C)(=O)=O)ccc4n3CC(=O)OC)oc12. The minimum Gasteiger partial charge on any atom is -0.490 e. The number of fused-ring (bicyclic) bond motifs is 2. The molecule has 33 heavy (non-hydrogen) atoms. The van der Waals surface area contributed by atoms with Gasteiger partial charge in [-0.05, 0) is 37.3 Å². The monoisotopic (exact) mass is 488 g/mol. The average molecular weight is 489 g/mol. The predicted molar refractivity (Wildman–Crippen MR) is 122 cm³/mol. The summed E-state index contributed by atoms with van der Waals surface area (Å²) in [5.41, 5.74) is 0.988. The van der Waals surface area contributed by atoms with Crippen molar-refractivity contribution in [3.05, 3.63) is 53.0 Å². The van der Waals surface area contributed by atoms with Gasteiger partial charge in [-0.15, -0.1) is 0 Å². The number of amides is 1. The van der Waals surface area contributed by atoms with Crippen LogP contribution < -0.4 is 9.54 Å². The van der Waals surface area contributed by atoms with Crippen LogP contribution in [0.3, 0.4) is 0 Å². The van der Waals surface area contributed by atoms with Crippen LogP contribution in [-0.4, -0.2) is 44.8 Å². The number of ether oxygens (including phenoxy) is 2. The number of methoxy groups -OCH3 is 1. The van der Waals surface area contributed by atoms with Crippen molar-refractivity contribution in [3.8, 4) is 5.75 Å². The summed E-state index contributed by atoms with van der Waals surface area (Å²) < 4.78 is 42.0. The Balaban J connectivity index is 1.85. The summed E-state index contributed by atoms with van der Waals surface area (Å²) in [6.07, 6.45) is 1.11. The number of thiazole rings is 1. The highest BCUT2D eigenvalue weighted by molar-refractivity contribution is 7.90. The number of carbonyl (C=O) groups excluding carboxylic acids is 2. The molecule has 0 N–H and O–H groups in total. The molecule has 0 radical (unpaired) electrons. The predicted octanol–water partition coefficient (Wildman–Crippen LogP) is 3.17. The average Bonchev–Trinajstić information content (AvgIpc) is 3.35. The fraction of sp³-hybridized carbons (Fsp3) is 0.227. The molecule has 0 aliphatic carbocycles. The quantitative estimate of drug-likeness (QED) is 0.383. The second-order valence-electron chi connectivity index (χ2n) is 7.08. The molecule has 0 spiro atoms. The zero-order chi connectivity index (χ0) is 23.8. The number of carbonyl (C=O) groups is 2. The summed E-state index contributed by atoms with van der Waals surface area (Å²) in [5.74, 6) is -0.663. The molecule has 0 unspecified atom stereocenters. The first kappa shape index (κ1) is 22.7. The van der Waals surface area contributed by atoms with Crippen LogP contribution in [0.5, 0.6) is 5.75 Å². The van der Waals surface area contributed by atoms with Crippen LogP contribution in [0.4, 0.5) is 0 Å². The first-order chi connectivity index (χ1) is 15.7. The van der Waals surface area contributed by atoms with Crippen molar-refractivity contribution in [2.24, 2.45) is 4.99 Å². The first-order valence-electron chi connectivity index (χ1n) is 9.86. The molecule has 11 heteroatoms. The summed E-state index contributed by atoms with van der Waals surface area (Å²) in [7, 11) is -2.18.